The van der Waals surface area contributed by atoms with Crippen molar-refractivity contribution in [2.24, 2.45) is 0 Å². The van der Waals surface area contributed by atoms with E-state index in [-0.39, 0.29) is 5.28 Å². The molecule has 0 bridgehead atoms. The summed E-state index contributed by atoms with van der Waals surface area (Å²) >= 11 is 6.13. The minimum atomic E-state index is 0.176. The number of anilines is 1. The topological polar surface area (TPSA) is 68.5 Å². The Hall–Kier alpha value is -2.99. The second-order valence-electron chi connectivity index (χ2n) is 5.69. The van der Waals surface area contributed by atoms with Crippen LogP contribution < -0.4 is 5.32 Å². The van der Waals surface area contributed by atoms with Crippen molar-refractivity contribution in [3.8, 4) is 5.69 Å². The lowest BCUT2D eigenvalue weighted by molar-refractivity contribution is 0.894. The van der Waals surface area contributed by atoms with Gasteiger partial charge in [0, 0.05) is 18.9 Å². The molecular weight excluding hydrogens is 336 g/mol. The third-order valence-electron chi connectivity index (χ3n) is 3.86. The zero-order valence-corrected chi connectivity index (χ0v) is 14.3. The minimum absolute atomic E-state index is 0.176. The summed E-state index contributed by atoms with van der Waals surface area (Å²) in [6.07, 6.45) is 5.30. The van der Waals surface area contributed by atoms with Gasteiger partial charge in [-0.1, -0.05) is 23.8 Å². The third kappa shape index (κ3) is 3.16. The van der Waals surface area contributed by atoms with Crippen LogP contribution in [-0.2, 0) is 6.54 Å². The molecule has 4 aromatic rings. The lowest BCUT2D eigenvalue weighted by Crippen LogP contribution is -2.04. The normalized spacial score (nSPS) is 11.0. The van der Waals surface area contributed by atoms with Crippen LogP contribution in [0.1, 0.15) is 11.1 Å². The first-order chi connectivity index (χ1) is 12.2. The summed E-state index contributed by atoms with van der Waals surface area (Å²) in [5.74, 6) is 0.650. The lowest BCUT2D eigenvalue weighted by atomic mass is 10.2. The van der Waals surface area contributed by atoms with Crippen molar-refractivity contribution >= 4 is 28.5 Å². The number of halogens is 1. The number of nitrogens with zero attached hydrogens (tertiary/aromatic N) is 5. The molecule has 124 valence electrons. The van der Waals surface area contributed by atoms with E-state index in [0.29, 0.717) is 18.0 Å². The summed E-state index contributed by atoms with van der Waals surface area (Å²) in [4.78, 5) is 12.8. The molecule has 4 rings (SSSR count). The van der Waals surface area contributed by atoms with Crippen molar-refractivity contribution in [2.45, 2.75) is 13.5 Å². The molecule has 0 saturated carbocycles. The molecule has 3 aromatic heterocycles. The Morgan fingerprint density at radius 3 is 2.68 bits per heavy atom. The van der Waals surface area contributed by atoms with Gasteiger partial charge in [-0.3, -0.25) is 4.98 Å². The van der Waals surface area contributed by atoms with Gasteiger partial charge in [0.2, 0.25) is 5.28 Å². The second kappa shape index (κ2) is 6.49. The average Bonchev–Trinajstić information content (AvgIpc) is 3.05. The van der Waals surface area contributed by atoms with Crippen LogP contribution in [0.4, 0.5) is 5.82 Å². The number of aromatic nitrogens is 5. The fourth-order valence-corrected chi connectivity index (χ4v) is 2.74. The van der Waals surface area contributed by atoms with Crippen LogP contribution in [0.25, 0.3) is 16.7 Å². The highest BCUT2D eigenvalue weighted by molar-refractivity contribution is 6.28. The van der Waals surface area contributed by atoms with Crippen molar-refractivity contribution in [2.75, 3.05) is 5.32 Å². The Labute approximate surface area is 149 Å². The highest BCUT2D eigenvalue weighted by Gasteiger charge is 2.13. The Morgan fingerprint density at radius 1 is 1.08 bits per heavy atom. The van der Waals surface area contributed by atoms with Crippen molar-refractivity contribution in [3.05, 3.63) is 71.4 Å². The summed E-state index contributed by atoms with van der Waals surface area (Å²) < 4.78 is 1.76. The maximum atomic E-state index is 6.13. The molecule has 1 N–H and O–H groups in total. The Morgan fingerprint density at radius 2 is 1.92 bits per heavy atom. The zero-order valence-electron chi connectivity index (χ0n) is 13.5. The van der Waals surface area contributed by atoms with Crippen molar-refractivity contribution in [3.63, 3.8) is 0 Å². The van der Waals surface area contributed by atoms with E-state index in [9.17, 15) is 0 Å². The molecular formula is C18H15ClN6. The van der Waals surface area contributed by atoms with Crippen molar-refractivity contribution in [1.29, 1.82) is 0 Å². The molecule has 0 amide bonds. The molecule has 25 heavy (non-hydrogen) atoms. The maximum absolute atomic E-state index is 6.13. The SMILES string of the molecule is Cc1ccc(-n2ncc3c(NCc4cccnc4)nc(Cl)nc32)cc1. The molecule has 0 atom stereocenters. The van der Waals surface area contributed by atoms with E-state index < -0.39 is 0 Å². The van der Waals surface area contributed by atoms with Crippen molar-refractivity contribution in [1.82, 2.24) is 24.7 Å². The summed E-state index contributed by atoms with van der Waals surface area (Å²) in [6.45, 7) is 2.64. The van der Waals surface area contributed by atoms with Gasteiger partial charge in [0.15, 0.2) is 5.65 Å². The van der Waals surface area contributed by atoms with Crippen LogP contribution in [0, 0.1) is 6.92 Å². The molecule has 1 aromatic carbocycles. The van der Waals surface area contributed by atoms with Gasteiger partial charge in [0.25, 0.3) is 0 Å². The zero-order chi connectivity index (χ0) is 17.2. The molecule has 0 spiro atoms. The highest BCUT2D eigenvalue weighted by atomic mass is 35.5. The standard InChI is InChI=1S/C18H15ClN6/c1-12-4-6-14(7-5-12)25-17-15(11-22-25)16(23-18(19)24-17)21-10-13-3-2-8-20-9-13/h2-9,11H,10H2,1H3,(H,21,23,24). The Kier molecular flexibility index (Phi) is 4.03. The fraction of sp³-hybridized carbons (Fsp3) is 0.111. The summed E-state index contributed by atoms with van der Waals surface area (Å²) in [7, 11) is 0. The number of benzene rings is 1. The van der Waals surface area contributed by atoms with Crippen LogP contribution in [0.5, 0.6) is 0 Å². The number of hydrogen-bond acceptors (Lipinski definition) is 5. The van der Waals surface area contributed by atoms with E-state index in [1.165, 1.54) is 5.56 Å². The molecule has 0 aliphatic carbocycles. The van der Waals surface area contributed by atoms with Gasteiger partial charge in [-0.05, 0) is 42.3 Å². The van der Waals surface area contributed by atoms with E-state index in [0.717, 1.165) is 16.6 Å². The van der Waals surface area contributed by atoms with Gasteiger partial charge in [-0.2, -0.15) is 15.1 Å². The number of nitrogens with one attached hydrogen (secondary N) is 1. The van der Waals surface area contributed by atoms with Gasteiger partial charge >= 0.3 is 0 Å². The van der Waals surface area contributed by atoms with Gasteiger partial charge in [-0.15, -0.1) is 0 Å². The minimum Gasteiger partial charge on any atom is -0.365 e. The predicted octanol–water partition coefficient (Wildman–Crippen LogP) is 3.78. The van der Waals surface area contributed by atoms with E-state index in [4.69, 9.17) is 11.6 Å². The quantitative estimate of drug-likeness (QED) is 0.567. The Bertz CT molecular complexity index is 1010. The second-order valence-corrected chi connectivity index (χ2v) is 6.02. The monoisotopic (exact) mass is 350 g/mol. The van der Waals surface area contributed by atoms with Crippen LogP contribution >= 0.6 is 11.6 Å². The van der Waals surface area contributed by atoms with E-state index >= 15 is 0 Å². The smallest absolute Gasteiger partial charge is 0.226 e. The number of rotatable bonds is 4. The maximum Gasteiger partial charge on any atom is 0.226 e. The molecule has 0 aliphatic heterocycles. The van der Waals surface area contributed by atoms with Gasteiger partial charge in [0.1, 0.15) is 5.82 Å². The van der Waals surface area contributed by atoms with Crippen LogP contribution in [0.15, 0.2) is 55.0 Å². The molecule has 7 heteroatoms. The highest BCUT2D eigenvalue weighted by Crippen LogP contribution is 2.24. The molecule has 0 saturated heterocycles. The van der Waals surface area contributed by atoms with Crippen LogP contribution in [-0.4, -0.2) is 24.7 Å². The first-order valence-electron chi connectivity index (χ1n) is 7.82. The fourth-order valence-electron chi connectivity index (χ4n) is 2.58. The van der Waals surface area contributed by atoms with E-state index in [1.807, 2.05) is 49.5 Å². The van der Waals surface area contributed by atoms with Crippen molar-refractivity contribution < 1.29 is 0 Å². The first kappa shape index (κ1) is 15.5. The summed E-state index contributed by atoms with van der Waals surface area (Å²) in [5, 5.41) is 8.73. The molecule has 6 nitrogen and oxygen atoms in total. The number of hydrogen-bond donors (Lipinski definition) is 1. The van der Waals surface area contributed by atoms with Crippen LogP contribution in [0.2, 0.25) is 5.28 Å². The third-order valence-corrected chi connectivity index (χ3v) is 4.03. The molecule has 0 aliphatic rings. The van der Waals surface area contributed by atoms with Gasteiger partial charge < -0.3 is 5.32 Å². The summed E-state index contributed by atoms with van der Waals surface area (Å²) in [5.41, 5.74) is 3.83. The molecule has 0 unspecified atom stereocenters. The number of pyridine rings is 1. The molecule has 0 fully saturated rings. The van der Waals surface area contributed by atoms with E-state index in [2.05, 4.69) is 25.4 Å². The molecule has 0 radical (unpaired) electrons. The van der Waals surface area contributed by atoms with Gasteiger partial charge in [-0.25, -0.2) is 4.68 Å². The first-order valence-corrected chi connectivity index (χ1v) is 8.19. The largest absolute Gasteiger partial charge is 0.365 e. The lowest BCUT2D eigenvalue weighted by Gasteiger charge is -2.08. The number of fused-ring (bicyclic) bond motifs is 1. The van der Waals surface area contributed by atoms with Crippen LogP contribution in [0.3, 0.4) is 0 Å². The average molecular weight is 351 g/mol. The molecule has 3 heterocycles. The van der Waals surface area contributed by atoms with E-state index in [1.54, 1.807) is 17.1 Å². The number of aryl methyl sites for hydroxylation is 1. The van der Waals surface area contributed by atoms with Gasteiger partial charge in [0.05, 0.1) is 17.3 Å². The Balaban J connectivity index is 1.72. The summed E-state index contributed by atoms with van der Waals surface area (Å²) in [6, 6.07) is 12.0. The predicted molar refractivity (Wildman–Crippen MR) is 98.0 cm³/mol.